The molecule has 3 aromatic rings. The molecule has 0 unspecified atom stereocenters. The van der Waals surface area contributed by atoms with Crippen LogP contribution in [0, 0.1) is 0 Å². The molecule has 0 radical (unpaired) electrons. The van der Waals surface area contributed by atoms with E-state index in [0.717, 1.165) is 21.3 Å². The molecule has 0 aliphatic heterocycles. The number of anilines is 1. The zero-order valence-corrected chi connectivity index (χ0v) is 12.4. The van der Waals surface area contributed by atoms with Crippen LogP contribution in [0.4, 0.5) is 5.13 Å². The summed E-state index contributed by atoms with van der Waals surface area (Å²) in [5.41, 5.74) is 10.7. The van der Waals surface area contributed by atoms with Gasteiger partial charge in [0.1, 0.15) is 0 Å². The van der Waals surface area contributed by atoms with Gasteiger partial charge in [0.15, 0.2) is 5.13 Å². The number of carbonyl (C=O) groups is 1. The van der Waals surface area contributed by atoms with E-state index in [1.165, 1.54) is 11.3 Å². The number of fused-ring (bicyclic) bond motifs is 1. The molecule has 6 nitrogen and oxygen atoms in total. The first kappa shape index (κ1) is 14.2. The Bertz CT molecular complexity index is 828. The van der Waals surface area contributed by atoms with Crippen molar-refractivity contribution in [3.05, 3.63) is 53.9 Å². The third kappa shape index (κ3) is 3.44. The molecule has 1 amide bonds. The van der Waals surface area contributed by atoms with Gasteiger partial charge in [-0.25, -0.2) is 10.4 Å². The Balaban J connectivity index is 1.61. The molecular weight excluding hydrogens is 298 g/mol. The molecule has 0 saturated heterocycles. The normalized spacial score (nSPS) is 11.1. The van der Waals surface area contributed by atoms with Gasteiger partial charge in [0.2, 0.25) is 5.91 Å². The minimum absolute atomic E-state index is 0.183. The number of benzene rings is 1. The lowest BCUT2D eigenvalue weighted by Crippen LogP contribution is -2.19. The van der Waals surface area contributed by atoms with Gasteiger partial charge < -0.3 is 5.73 Å². The second-order valence-electron chi connectivity index (χ2n) is 4.61. The Hall–Kier alpha value is -2.80. The van der Waals surface area contributed by atoms with E-state index in [1.807, 2.05) is 24.3 Å². The van der Waals surface area contributed by atoms with Crippen molar-refractivity contribution in [3.8, 4) is 0 Å². The number of rotatable bonds is 4. The van der Waals surface area contributed by atoms with Crippen LogP contribution in [0.1, 0.15) is 11.1 Å². The summed E-state index contributed by atoms with van der Waals surface area (Å²) >= 11 is 1.41. The van der Waals surface area contributed by atoms with Crippen LogP contribution >= 0.6 is 11.3 Å². The summed E-state index contributed by atoms with van der Waals surface area (Å²) in [6.07, 6.45) is 5.14. The van der Waals surface area contributed by atoms with E-state index in [0.29, 0.717) is 5.13 Å². The first-order valence-electron chi connectivity index (χ1n) is 6.57. The Labute approximate surface area is 130 Å². The summed E-state index contributed by atoms with van der Waals surface area (Å²) in [5, 5.41) is 4.44. The van der Waals surface area contributed by atoms with Gasteiger partial charge in [0, 0.05) is 18.0 Å². The zero-order valence-electron chi connectivity index (χ0n) is 11.6. The summed E-state index contributed by atoms with van der Waals surface area (Å²) in [6, 6.07) is 9.31. The average Bonchev–Trinajstić information content (AvgIpc) is 2.87. The molecule has 3 rings (SSSR count). The summed E-state index contributed by atoms with van der Waals surface area (Å²) in [6.45, 7) is 0. The van der Waals surface area contributed by atoms with Crippen molar-refractivity contribution in [2.45, 2.75) is 6.42 Å². The van der Waals surface area contributed by atoms with Crippen LogP contribution < -0.4 is 11.2 Å². The highest BCUT2D eigenvalue weighted by Gasteiger charge is 2.06. The number of carbonyl (C=O) groups excluding carboxylic acids is 1. The molecule has 0 atom stereocenters. The monoisotopic (exact) mass is 311 g/mol. The molecule has 0 aliphatic carbocycles. The maximum atomic E-state index is 11.9. The molecule has 7 heteroatoms. The number of nitrogen functional groups attached to an aromatic ring is 1. The van der Waals surface area contributed by atoms with Crippen LogP contribution in [0.5, 0.6) is 0 Å². The number of nitrogens with zero attached hydrogens (tertiary/aromatic N) is 3. The molecule has 2 heterocycles. The zero-order chi connectivity index (χ0) is 15.4. The van der Waals surface area contributed by atoms with Crippen LogP contribution in [-0.4, -0.2) is 22.1 Å². The first-order chi connectivity index (χ1) is 10.7. The SMILES string of the molecule is Nc1nc2ccc(CC(=O)N/N=C\c3cccnc3)cc2s1. The number of pyridine rings is 1. The average molecular weight is 311 g/mol. The highest BCUT2D eigenvalue weighted by Crippen LogP contribution is 2.24. The van der Waals surface area contributed by atoms with Crippen molar-refractivity contribution in [3.63, 3.8) is 0 Å². The number of hydrazone groups is 1. The van der Waals surface area contributed by atoms with Crippen molar-refractivity contribution in [1.82, 2.24) is 15.4 Å². The fraction of sp³-hybridized carbons (Fsp3) is 0.0667. The Morgan fingerprint density at radius 1 is 1.41 bits per heavy atom. The Morgan fingerprint density at radius 3 is 3.14 bits per heavy atom. The quantitative estimate of drug-likeness (QED) is 0.569. The molecule has 22 heavy (non-hydrogen) atoms. The standard InChI is InChI=1S/C15H13N5OS/c16-15-19-12-4-3-10(6-13(12)22-15)7-14(21)20-18-9-11-2-1-5-17-8-11/h1-6,8-9H,7H2,(H2,16,19)(H,20,21)/b18-9-. The number of hydrogen-bond donors (Lipinski definition) is 2. The maximum absolute atomic E-state index is 11.9. The van der Waals surface area contributed by atoms with Gasteiger partial charge >= 0.3 is 0 Å². The van der Waals surface area contributed by atoms with E-state index >= 15 is 0 Å². The summed E-state index contributed by atoms with van der Waals surface area (Å²) in [4.78, 5) is 20.0. The highest BCUT2D eigenvalue weighted by molar-refractivity contribution is 7.22. The van der Waals surface area contributed by atoms with Crippen molar-refractivity contribution in [2.24, 2.45) is 5.10 Å². The third-order valence-corrected chi connectivity index (χ3v) is 3.77. The molecule has 0 saturated carbocycles. The smallest absolute Gasteiger partial charge is 0.244 e. The second kappa shape index (κ2) is 6.31. The van der Waals surface area contributed by atoms with Crippen molar-refractivity contribution in [1.29, 1.82) is 0 Å². The minimum Gasteiger partial charge on any atom is -0.375 e. The second-order valence-corrected chi connectivity index (χ2v) is 5.67. The van der Waals surface area contributed by atoms with E-state index in [4.69, 9.17) is 5.73 Å². The van der Waals surface area contributed by atoms with Crippen LogP contribution in [-0.2, 0) is 11.2 Å². The van der Waals surface area contributed by atoms with Gasteiger partial charge in [0.25, 0.3) is 0 Å². The lowest BCUT2D eigenvalue weighted by atomic mass is 10.1. The summed E-state index contributed by atoms with van der Waals surface area (Å²) in [7, 11) is 0. The fourth-order valence-electron chi connectivity index (χ4n) is 1.95. The van der Waals surface area contributed by atoms with Gasteiger partial charge in [-0.2, -0.15) is 5.10 Å². The molecule has 0 spiro atoms. The fourth-order valence-corrected chi connectivity index (χ4v) is 2.75. The first-order valence-corrected chi connectivity index (χ1v) is 7.39. The molecule has 3 N–H and O–H groups in total. The van der Waals surface area contributed by atoms with Gasteiger partial charge in [-0.05, 0) is 23.8 Å². The van der Waals surface area contributed by atoms with Gasteiger partial charge in [0.05, 0.1) is 22.9 Å². The van der Waals surface area contributed by atoms with Gasteiger partial charge in [-0.1, -0.05) is 23.5 Å². The van der Waals surface area contributed by atoms with Crippen LogP contribution in [0.3, 0.4) is 0 Å². The highest BCUT2D eigenvalue weighted by atomic mass is 32.1. The lowest BCUT2D eigenvalue weighted by molar-refractivity contribution is -0.120. The predicted octanol–water partition coefficient (Wildman–Crippen LogP) is 1.97. The number of aromatic nitrogens is 2. The summed E-state index contributed by atoms with van der Waals surface area (Å²) < 4.78 is 0.974. The van der Waals surface area contributed by atoms with E-state index in [9.17, 15) is 4.79 Å². The van der Waals surface area contributed by atoms with E-state index in [1.54, 1.807) is 24.7 Å². The number of nitrogens with two attached hydrogens (primary N) is 1. The van der Waals surface area contributed by atoms with Crippen molar-refractivity contribution in [2.75, 3.05) is 5.73 Å². The Morgan fingerprint density at radius 2 is 2.32 bits per heavy atom. The number of thiazole rings is 1. The molecule has 110 valence electrons. The summed E-state index contributed by atoms with van der Waals surface area (Å²) in [5.74, 6) is -0.183. The number of hydrogen-bond acceptors (Lipinski definition) is 6. The Kier molecular flexibility index (Phi) is 4.06. The molecule has 0 bridgehead atoms. The lowest BCUT2D eigenvalue weighted by Gasteiger charge is -2.00. The largest absolute Gasteiger partial charge is 0.375 e. The molecule has 0 aliphatic rings. The van der Waals surface area contributed by atoms with Crippen molar-refractivity contribution >= 4 is 38.8 Å². The van der Waals surface area contributed by atoms with Crippen LogP contribution in [0.15, 0.2) is 47.8 Å². The molecule has 1 aromatic carbocycles. The van der Waals surface area contributed by atoms with Crippen molar-refractivity contribution < 1.29 is 4.79 Å². The van der Waals surface area contributed by atoms with Gasteiger partial charge in [-0.15, -0.1) is 0 Å². The van der Waals surface area contributed by atoms with Crippen LogP contribution in [0.2, 0.25) is 0 Å². The molecule has 0 fully saturated rings. The van der Waals surface area contributed by atoms with Gasteiger partial charge in [-0.3, -0.25) is 9.78 Å². The number of amides is 1. The van der Waals surface area contributed by atoms with E-state index < -0.39 is 0 Å². The topological polar surface area (TPSA) is 93.3 Å². The van der Waals surface area contributed by atoms with E-state index in [-0.39, 0.29) is 12.3 Å². The van der Waals surface area contributed by atoms with E-state index in [2.05, 4.69) is 20.5 Å². The van der Waals surface area contributed by atoms with Crippen LogP contribution in [0.25, 0.3) is 10.2 Å². The minimum atomic E-state index is -0.183. The molecule has 2 aromatic heterocycles. The predicted molar refractivity (Wildman–Crippen MR) is 87.7 cm³/mol. The molecular formula is C15H13N5OS. The maximum Gasteiger partial charge on any atom is 0.244 e. The third-order valence-electron chi connectivity index (χ3n) is 2.92. The number of nitrogens with one attached hydrogen (secondary N) is 1.